The molecule has 3 aromatic rings. The zero-order chi connectivity index (χ0) is 26.0. The van der Waals surface area contributed by atoms with Gasteiger partial charge in [0, 0.05) is 48.5 Å². The lowest BCUT2D eigenvalue weighted by Crippen LogP contribution is -2.63. The molecule has 0 spiro atoms. The van der Waals surface area contributed by atoms with Crippen molar-refractivity contribution >= 4 is 40.0 Å². The van der Waals surface area contributed by atoms with Gasteiger partial charge in [-0.3, -0.25) is 14.7 Å². The molecule has 4 heterocycles. The van der Waals surface area contributed by atoms with Crippen LogP contribution in [0.3, 0.4) is 0 Å². The summed E-state index contributed by atoms with van der Waals surface area (Å²) in [6.45, 7) is 3.06. The van der Waals surface area contributed by atoms with Crippen LogP contribution in [0.15, 0.2) is 24.5 Å². The molecule has 192 valence electrons. The molecule has 1 saturated carbocycles. The minimum Gasteiger partial charge on any atom is -0.465 e. The molecule has 11 heteroatoms. The van der Waals surface area contributed by atoms with Crippen molar-refractivity contribution in [1.29, 1.82) is 0 Å². The second kappa shape index (κ2) is 8.53. The molecule has 1 aliphatic carbocycles. The summed E-state index contributed by atoms with van der Waals surface area (Å²) in [7, 11) is 0. The molecule has 0 bridgehead atoms. The lowest BCUT2D eigenvalue weighted by Gasteiger charge is -2.43. The number of carbonyl (C=O) groups excluding carboxylic acids is 1. The van der Waals surface area contributed by atoms with E-state index in [1.807, 2.05) is 6.92 Å². The summed E-state index contributed by atoms with van der Waals surface area (Å²) >= 11 is 0. The molecule has 2 aromatic heterocycles. The molecule has 1 saturated heterocycles. The van der Waals surface area contributed by atoms with E-state index < -0.39 is 30.0 Å². The quantitative estimate of drug-likeness (QED) is 0.459. The van der Waals surface area contributed by atoms with E-state index in [1.54, 1.807) is 18.3 Å². The van der Waals surface area contributed by atoms with Gasteiger partial charge in [-0.05, 0) is 49.3 Å². The number of carboxylic acid groups (broad SMARTS) is 1. The van der Waals surface area contributed by atoms with Gasteiger partial charge >= 0.3 is 6.09 Å². The van der Waals surface area contributed by atoms with Crippen LogP contribution in [0, 0.1) is 18.7 Å². The summed E-state index contributed by atoms with van der Waals surface area (Å²) < 4.78 is 28.7. The zero-order valence-electron chi connectivity index (χ0n) is 20.2. The molecule has 3 aliphatic rings. The van der Waals surface area contributed by atoms with Crippen LogP contribution < -0.4 is 16.0 Å². The number of halogens is 2. The number of likely N-dealkylation sites (tertiary alicyclic amines) is 1. The van der Waals surface area contributed by atoms with Crippen LogP contribution in [0.2, 0.25) is 0 Å². The molecular weight excluding hydrogens is 482 g/mol. The molecule has 0 unspecified atom stereocenters. The van der Waals surface area contributed by atoms with Crippen LogP contribution in [0.4, 0.5) is 30.8 Å². The number of aryl methyl sites for hydroxylation is 1. The summed E-state index contributed by atoms with van der Waals surface area (Å²) in [5.41, 5.74) is 9.69. The van der Waals surface area contributed by atoms with Crippen LogP contribution in [0.1, 0.15) is 24.1 Å². The highest BCUT2D eigenvalue weighted by Gasteiger charge is 2.49. The van der Waals surface area contributed by atoms with E-state index in [4.69, 9.17) is 5.73 Å². The summed E-state index contributed by atoms with van der Waals surface area (Å²) in [5, 5.41) is 14.2. The third kappa shape index (κ3) is 3.80. The van der Waals surface area contributed by atoms with Crippen molar-refractivity contribution in [2.75, 3.05) is 35.6 Å². The van der Waals surface area contributed by atoms with E-state index in [0.717, 1.165) is 41.2 Å². The van der Waals surface area contributed by atoms with Gasteiger partial charge < -0.3 is 21.1 Å². The van der Waals surface area contributed by atoms with E-state index in [0.29, 0.717) is 16.3 Å². The van der Waals surface area contributed by atoms with E-state index in [-0.39, 0.29) is 42.5 Å². The van der Waals surface area contributed by atoms with Crippen molar-refractivity contribution in [1.82, 2.24) is 14.9 Å². The predicted octanol–water partition coefficient (Wildman–Crippen LogP) is 3.74. The molecule has 2 fully saturated rings. The molecule has 2 amide bonds. The fourth-order valence-electron chi connectivity index (χ4n) is 5.33. The Morgan fingerprint density at radius 1 is 1.22 bits per heavy atom. The summed E-state index contributed by atoms with van der Waals surface area (Å²) in [4.78, 5) is 35.8. The second-order valence-corrected chi connectivity index (χ2v) is 9.97. The third-order valence-electron chi connectivity index (χ3n) is 7.61. The number of benzene rings is 1. The first kappa shape index (κ1) is 23.4. The number of hydrogen-bond acceptors (Lipinski definition) is 6. The number of fused-ring (bicyclic) bond motifs is 2. The maximum atomic E-state index is 15.5. The van der Waals surface area contributed by atoms with Gasteiger partial charge in [-0.15, -0.1) is 0 Å². The largest absolute Gasteiger partial charge is 0.465 e. The van der Waals surface area contributed by atoms with Crippen LogP contribution in [0.5, 0.6) is 0 Å². The Balaban J connectivity index is 1.35. The Hall–Kier alpha value is -4.02. The van der Waals surface area contributed by atoms with E-state index in [1.165, 1.54) is 11.1 Å². The fourth-order valence-corrected chi connectivity index (χ4v) is 5.33. The van der Waals surface area contributed by atoms with Crippen molar-refractivity contribution < 1.29 is 23.5 Å². The van der Waals surface area contributed by atoms with Crippen molar-refractivity contribution in [3.63, 3.8) is 0 Å². The average molecular weight is 509 g/mol. The number of alkyl halides is 1. The predicted molar refractivity (Wildman–Crippen MR) is 135 cm³/mol. The normalized spacial score (nSPS) is 20.7. The Morgan fingerprint density at radius 3 is 2.68 bits per heavy atom. The van der Waals surface area contributed by atoms with E-state index in [9.17, 15) is 19.1 Å². The molecule has 2 atom stereocenters. The Labute approximate surface area is 211 Å². The number of nitrogens with one attached hydrogen (secondary N) is 1. The molecular formula is C26H26F2N6O3. The van der Waals surface area contributed by atoms with Gasteiger partial charge in [0.25, 0.3) is 0 Å². The number of anilines is 3. The highest BCUT2D eigenvalue weighted by atomic mass is 19.1. The van der Waals surface area contributed by atoms with Crippen molar-refractivity contribution in [3.05, 3.63) is 41.6 Å². The van der Waals surface area contributed by atoms with Gasteiger partial charge in [-0.1, -0.05) is 0 Å². The number of nitrogen functional groups attached to an aromatic ring is 1. The number of rotatable bonds is 4. The van der Waals surface area contributed by atoms with Crippen molar-refractivity contribution in [3.8, 4) is 11.1 Å². The van der Waals surface area contributed by atoms with Gasteiger partial charge in [0.15, 0.2) is 5.82 Å². The van der Waals surface area contributed by atoms with Gasteiger partial charge in [-0.25, -0.2) is 18.6 Å². The Kier molecular flexibility index (Phi) is 5.39. The molecule has 0 radical (unpaired) electrons. The first-order valence-electron chi connectivity index (χ1n) is 12.3. The minimum absolute atomic E-state index is 0.0795. The third-order valence-corrected chi connectivity index (χ3v) is 7.61. The first-order chi connectivity index (χ1) is 17.7. The SMILES string of the molecule is Cc1c(-c2cc3cc(N(C(=O)O)C4CN(C(=O)[C@H]5C[C@@H]5F)C4)ncc3c(N)c2F)cnc2c1NCCC2. The highest BCUT2D eigenvalue weighted by molar-refractivity contribution is 6.00. The monoisotopic (exact) mass is 508 g/mol. The molecule has 1 aromatic carbocycles. The zero-order valence-corrected chi connectivity index (χ0v) is 20.2. The fraction of sp³-hybridized carbons (Fsp3) is 0.385. The highest BCUT2D eigenvalue weighted by Crippen LogP contribution is 2.40. The Bertz CT molecular complexity index is 1460. The standard InChI is InChI=1S/C26H26F2N6O3/c1-12-17(8-31-20-3-2-4-30-24(12)20)15-5-13-6-21(32-9-18(13)23(29)22(15)28)34(26(36)37)14-10-33(11-14)25(35)16-7-19(16)27/h5-6,8-9,14,16,19,30H,2-4,7,10-11,29H2,1H3,(H,36,37)/t16-,19-/m0/s1. The van der Waals surface area contributed by atoms with Gasteiger partial charge in [0.05, 0.1) is 29.0 Å². The van der Waals surface area contributed by atoms with Gasteiger partial charge in [0.1, 0.15) is 12.0 Å². The number of nitrogens with two attached hydrogens (primary N) is 1. The summed E-state index contributed by atoms with van der Waals surface area (Å²) in [5.74, 6) is -1.33. The maximum Gasteiger partial charge on any atom is 0.413 e. The minimum atomic E-state index is -1.23. The lowest BCUT2D eigenvalue weighted by atomic mass is 9.95. The number of amides is 2. The lowest BCUT2D eigenvalue weighted by molar-refractivity contribution is -0.137. The summed E-state index contributed by atoms with van der Waals surface area (Å²) in [6, 6.07) is 2.68. The maximum absolute atomic E-state index is 15.5. The number of pyridine rings is 2. The molecule has 4 N–H and O–H groups in total. The number of hydrogen-bond donors (Lipinski definition) is 3. The molecule has 6 rings (SSSR count). The van der Waals surface area contributed by atoms with Crippen molar-refractivity contribution in [2.45, 2.75) is 38.4 Å². The van der Waals surface area contributed by atoms with Crippen molar-refractivity contribution in [2.24, 2.45) is 5.92 Å². The van der Waals surface area contributed by atoms with E-state index in [2.05, 4.69) is 15.3 Å². The average Bonchev–Trinajstić information content (AvgIpc) is 3.59. The number of nitrogens with zero attached hydrogens (tertiary/aromatic N) is 4. The van der Waals surface area contributed by atoms with Crippen LogP contribution >= 0.6 is 0 Å². The summed E-state index contributed by atoms with van der Waals surface area (Å²) in [6.07, 6.45) is 2.75. The number of carbonyl (C=O) groups is 2. The van der Waals surface area contributed by atoms with Gasteiger partial charge in [0.2, 0.25) is 5.91 Å². The van der Waals surface area contributed by atoms with E-state index >= 15 is 4.39 Å². The van der Waals surface area contributed by atoms with Gasteiger partial charge in [-0.2, -0.15) is 0 Å². The molecule has 9 nitrogen and oxygen atoms in total. The first-order valence-corrected chi connectivity index (χ1v) is 12.3. The number of aromatic nitrogens is 2. The Morgan fingerprint density at radius 2 is 1.97 bits per heavy atom. The van der Waals surface area contributed by atoms with Crippen LogP contribution in [-0.4, -0.2) is 63.8 Å². The van der Waals surface area contributed by atoms with Crippen LogP contribution in [-0.2, 0) is 11.2 Å². The smallest absolute Gasteiger partial charge is 0.413 e. The molecule has 2 aliphatic heterocycles. The second-order valence-electron chi connectivity index (χ2n) is 9.97. The molecule has 37 heavy (non-hydrogen) atoms. The topological polar surface area (TPSA) is 125 Å². The van der Waals surface area contributed by atoms with Crippen LogP contribution in [0.25, 0.3) is 21.9 Å².